The minimum absolute atomic E-state index is 0.0260. The summed E-state index contributed by atoms with van der Waals surface area (Å²) in [6.45, 7) is -0.0260. The topological polar surface area (TPSA) is 125 Å². The molecule has 0 aliphatic carbocycles. The van der Waals surface area contributed by atoms with Gasteiger partial charge in [-0.25, -0.2) is 0 Å². The van der Waals surface area contributed by atoms with Crippen molar-refractivity contribution in [3.05, 3.63) is 39.7 Å². The molecule has 0 aliphatic rings. The van der Waals surface area contributed by atoms with Crippen LogP contribution in [0.4, 0.5) is 5.82 Å². The highest BCUT2D eigenvalue weighted by Crippen LogP contribution is 2.37. The van der Waals surface area contributed by atoms with Gasteiger partial charge in [-0.05, 0) is 18.2 Å². The van der Waals surface area contributed by atoms with Gasteiger partial charge in [-0.15, -0.1) is 6.42 Å². The molecule has 1 aromatic heterocycles. The molecule has 0 spiro atoms. The maximum atomic E-state index is 12.0. The van der Waals surface area contributed by atoms with Crippen LogP contribution in [0.2, 0.25) is 0 Å². The second-order valence-electron chi connectivity index (χ2n) is 4.57. The first kappa shape index (κ1) is 16.5. The van der Waals surface area contributed by atoms with Crippen LogP contribution in [-0.4, -0.2) is 18.7 Å². The molecule has 0 radical (unpaired) electrons. The molecule has 0 bridgehead atoms. The van der Waals surface area contributed by atoms with Crippen LogP contribution in [0.3, 0.4) is 0 Å². The first-order valence-corrected chi connectivity index (χ1v) is 6.68. The summed E-state index contributed by atoms with van der Waals surface area (Å²) >= 11 is 0. The number of anilines is 1. The van der Waals surface area contributed by atoms with Gasteiger partial charge in [0.1, 0.15) is 47.2 Å². The fourth-order valence-electron chi connectivity index (χ4n) is 2.19. The Labute approximate surface area is 137 Å². The number of methoxy groups -OCH3 is 1. The average Bonchev–Trinajstić information content (AvgIpc) is 2.59. The van der Waals surface area contributed by atoms with E-state index in [0.717, 1.165) is 0 Å². The fourth-order valence-corrected chi connectivity index (χ4v) is 2.19. The molecule has 0 aliphatic heterocycles. The molecule has 0 saturated carbocycles. The third-order valence-electron chi connectivity index (χ3n) is 3.24. The van der Waals surface area contributed by atoms with Crippen molar-refractivity contribution in [2.24, 2.45) is 0 Å². The fraction of sp³-hybridized carbons (Fsp3) is 0.118. The molecule has 7 heteroatoms. The molecular weight excluding hydrogens is 308 g/mol. The average molecular weight is 320 g/mol. The normalized spacial score (nSPS) is 9.42. The number of terminal acetylenes is 1. The van der Waals surface area contributed by atoms with E-state index in [2.05, 4.69) is 10.9 Å². The number of nitrogen functional groups attached to an aromatic ring is 1. The van der Waals surface area contributed by atoms with E-state index in [4.69, 9.17) is 21.6 Å². The number of hydrogen-bond donors (Lipinski definition) is 2. The Bertz CT molecular complexity index is 972. The lowest BCUT2D eigenvalue weighted by molar-refractivity contribution is 0.369. The Morgan fingerprint density at radius 2 is 2.00 bits per heavy atom. The number of hydrogen-bond acceptors (Lipinski definition) is 6. The summed E-state index contributed by atoms with van der Waals surface area (Å²) in [4.78, 5) is 14.3. The van der Waals surface area contributed by atoms with Crippen molar-refractivity contribution < 1.29 is 9.47 Å². The molecule has 0 unspecified atom stereocenters. The molecule has 3 N–H and O–H groups in total. The standard InChI is InChI=1S/C17H12N4O3/c1-3-6-24-14-5-4-10(23-2)7-11(14)15-12(8-18)16(20)21-17(22)13(15)9-19/h1,4-5,7H,6H2,2H3,(H3,20,21,22). The maximum absolute atomic E-state index is 12.0. The summed E-state index contributed by atoms with van der Waals surface area (Å²) in [5, 5.41) is 18.7. The monoisotopic (exact) mass is 320 g/mol. The van der Waals surface area contributed by atoms with Gasteiger partial charge in [0.05, 0.1) is 7.11 Å². The van der Waals surface area contributed by atoms with Gasteiger partial charge < -0.3 is 20.2 Å². The van der Waals surface area contributed by atoms with E-state index < -0.39 is 5.56 Å². The van der Waals surface area contributed by atoms with Crippen LogP contribution in [0, 0.1) is 35.0 Å². The summed E-state index contributed by atoms with van der Waals surface area (Å²) in [5.41, 5.74) is 5.13. The minimum atomic E-state index is -0.699. The molecule has 1 aromatic carbocycles. The SMILES string of the molecule is C#CCOc1ccc(OC)cc1-c1c(C#N)c(N)[nH]c(=O)c1C#N. The van der Waals surface area contributed by atoms with Crippen LogP contribution in [0.5, 0.6) is 11.5 Å². The smallest absolute Gasteiger partial charge is 0.268 e. The Kier molecular flexibility index (Phi) is 4.75. The van der Waals surface area contributed by atoms with Crippen molar-refractivity contribution in [1.29, 1.82) is 10.5 Å². The van der Waals surface area contributed by atoms with Gasteiger partial charge in [0.25, 0.3) is 5.56 Å². The van der Waals surface area contributed by atoms with Gasteiger partial charge in [0, 0.05) is 11.1 Å². The number of rotatable bonds is 4. The largest absolute Gasteiger partial charge is 0.497 e. The van der Waals surface area contributed by atoms with E-state index in [1.807, 2.05) is 6.07 Å². The lowest BCUT2D eigenvalue weighted by atomic mass is 9.95. The number of nitrogens with two attached hydrogens (primary N) is 1. The second kappa shape index (κ2) is 6.91. The number of nitriles is 2. The lowest BCUT2D eigenvalue weighted by Crippen LogP contribution is -2.16. The Hall–Kier alpha value is -3.89. The molecule has 7 nitrogen and oxygen atoms in total. The van der Waals surface area contributed by atoms with Gasteiger partial charge >= 0.3 is 0 Å². The highest BCUT2D eigenvalue weighted by atomic mass is 16.5. The molecule has 0 saturated heterocycles. The van der Waals surface area contributed by atoms with Crippen molar-refractivity contribution in [3.63, 3.8) is 0 Å². The quantitative estimate of drug-likeness (QED) is 0.820. The number of benzene rings is 1. The molecule has 0 fully saturated rings. The van der Waals surface area contributed by atoms with Crippen LogP contribution in [0.15, 0.2) is 23.0 Å². The van der Waals surface area contributed by atoms with Gasteiger partial charge in [0.2, 0.25) is 0 Å². The number of nitrogens with zero attached hydrogens (tertiary/aromatic N) is 2. The van der Waals surface area contributed by atoms with Gasteiger partial charge in [0.15, 0.2) is 0 Å². The first-order valence-electron chi connectivity index (χ1n) is 6.68. The van der Waals surface area contributed by atoms with Crippen molar-refractivity contribution in [2.75, 3.05) is 19.5 Å². The number of H-pyrrole nitrogens is 1. The third-order valence-corrected chi connectivity index (χ3v) is 3.24. The summed E-state index contributed by atoms with van der Waals surface area (Å²) in [6.07, 6.45) is 5.20. The van der Waals surface area contributed by atoms with Crippen molar-refractivity contribution in [3.8, 4) is 47.1 Å². The Balaban J connectivity index is 2.90. The molecule has 0 atom stereocenters. The van der Waals surface area contributed by atoms with Crippen molar-refractivity contribution in [2.45, 2.75) is 0 Å². The highest BCUT2D eigenvalue weighted by Gasteiger charge is 2.21. The van der Waals surface area contributed by atoms with Crippen LogP contribution in [0.1, 0.15) is 11.1 Å². The summed E-state index contributed by atoms with van der Waals surface area (Å²) in [5.74, 6) is 2.94. The van der Waals surface area contributed by atoms with Crippen molar-refractivity contribution >= 4 is 5.82 Å². The van der Waals surface area contributed by atoms with Gasteiger partial charge in [-0.1, -0.05) is 5.92 Å². The van der Waals surface area contributed by atoms with E-state index in [0.29, 0.717) is 17.1 Å². The number of aromatic nitrogens is 1. The zero-order valence-corrected chi connectivity index (χ0v) is 12.7. The highest BCUT2D eigenvalue weighted by molar-refractivity contribution is 5.84. The van der Waals surface area contributed by atoms with E-state index >= 15 is 0 Å². The molecule has 1 heterocycles. The lowest BCUT2D eigenvalue weighted by Gasteiger charge is -2.14. The van der Waals surface area contributed by atoms with E-state index in [-0.39, 0.29) is 29.1 Å². The zero-order valence-electron chi connectivity index (χ0n) is 12.7. The van der Waals surface area contributed by atoms with Crippen LogP contribution in [0.25, 0.3) is 11.1 Å². The van der Waals surface area contributed by atoms with E-state index in [9.17, 15) is 15.3 Å². The summed E-state index contributed by atoms with van der Waals surface area (Å²) < 4.78 is 10.6. The van der Waals surface area contributed by atoms with E-state index in [1.165, 1.54) is 7.11 Å². The summed E-state index contributed by atoms with van der Waals surface area (Å²) in [7, 11) is 1.46. The predicted molar refractivity (Wildman–Crippen MR) is 87.2 cm³/mol. The van der Waals surface area contributed by atoms with Gasteiger partial charge in [-0.3, -0.25) is 4.79 Å². The molecular formula is C17H12N4O3. The zero-order chi connectivity index (χ0) is 17.7. The maximum Gasteiger partial charge on any atom is 0.268 e. The Morgan fingerprint density at radius 3 is 2.58 bits per heavy atom. The van der Waals surface area contributed by atoms with Crippen LogP contribution >= 0.6 is 0 Å². The first-order chi connectivity index (χ1) is 11.6. The third kappa shape index (κ3) is 2.85. The van der Waals surface area contributed by atoms with Crippen molar-refractivity contribution in [1.82, 2.24) is 4.98 Å². The second-order valence-corrected chi connectivity index (χ2v) is 4.57. The predicted octanol–water partition coefficient (Wildman–Crippen LogP) is 1.39. The number of pyridine rings is 1. The van der Waals surface area contributed by atoms with Crippen LogP contribution in [-0.2, 0) is 0 Å². The number of nitrogens with one attached hydrogen (secondary N) is 1. The number of aromatic amines is 1. The molecule has 24 heavy (non-hydrogen) atoms. The van der Waals surface area contributed by atoms with E-state index in [1.54, 1.807) is 24.3 Å². The molecule has 0 amide bonds. The summed E-state index contributed by atoms with van der Waals surface area (Å²) in [6, 6.07) is 8.45. The number of ether oxygens (including phenoxy) is 2. The van der Waals surface area contributed by atoms with Crippen LogP contribution < -0.4 is 20.8 Å². The minimum Gasteiger partial charge on any atom is -0.497 e. The Morgan fingerprint density at radius 1 is 1.29 bits per heavy atom. The molecule has 118 valence electrons. The molecule has 2 aromatic rings. The molecule has 2 rings (SSSR count). The van der Waals surface area contributed by atoms with Gasteiger partial charge in [-0.2, -0.15) is 10.5 Å².